The van der Waals surface area contributed by atoms with Gasteiger partial charge in [-0.25, -0.2) is 0 Å². The first-order valence-electron chi connectivity index (χ1n) is 7.83. The molecule has 0 spiro atoms. The second-order valence-corrected chi connectivity index (χ2v) is 6.42. The first-order valence-corrected chi connectivity index (χ1v) is 8.99. The van der Waals surface area contributed by atoms with Gasteiger partial charge in [-0.15, -0.1) is 11.8 Å². The molecule has 0 aliphatic heterocycles. The van der Waals surface area contributed by atoms with Gasteiger partial charge in [0.15, 0.2) is 0 Å². The molecule has 0 unspecified atom stereocenters. The van der Waals surface area contributed by atoms with Crippen LogP contribution in [0.1, 0.15) is 18.1 Å². The Labute approximate surface area is 142 Å². The molecule has 2 aromatic carbocycles. The molecule has 0 saturated heterocycles. The quantitative estimate of drug-likeness (QED) is 0.734. The molecule has 0 aliphatic carbocycles. The summed E-state index contributed by atoms with van der Waals surface area (Å²) in [7, 11) is 0. The molecule has 0 saturated carbocycles. The van der Waals surface area contributed by atoms with Gasteiger partial charge in [0.2, 0.25) is 5.91 Å². The lowest BCUT2D eigenvalue weighted by molar-refractivity contribution is -0.113. The highest BCUT2D eigenvalue weighted by molar-refractivity contribution is 7.99. The first-order chi connectivity index (χ1) is 11.2. The minimum Gasteiger partial charge on any atom is -0.493 e. The van der Waals surface area contributed by atoms with Gasteiger partial charge in [0.05, 0.1) is 12.4 Å². The van der Waals surface area contributed by atoms with E-state index in [0.29, 0.717) is 12.4 Å². The van der Waals surface area contributed by atoms with Crippen molar-refractivity contribution < 1.29 is 9.53 Å². The SMILES string of the molecule is CCc1ccc(NC(=O)CSCCOc2cccc(C)c2)cc1. The molecule has 2 rings (SSSR count). The predicted molar refractivity (Wildman–Crippen MR) is 98.4 cm³/mol. The number of carbonyl (C=O) groups excluding carboxylic acids is 1. The molecular formula is C19H23NO2S. The van der Waals surface area contributed by atoms with Crippen LogP contribution in [0.25, 0.3) is 0 Å². The van der Waals surface area contributed by atoms with Gasteiger partial charge >= 0.3 is 0 Å². The summed E-state index contributed by atoms with van der Waals surface area (Å²) in [6.07, 6.45) is 1.00. The van der Waals surface area contributed by atoms with Gasteiger partial charge in [-0.2, -0.15) is 0 Å². The van der Waals surface area contributed by atoms with Crippen molar-refractivity contribution in [2.24, 2.45) is 0 Å². The van der Waals surface area contributed by atoms with Crippen LogP contribution in [-0.2, 0) is 11.2 Å². The van der Waals surface area contributed by atoms with E-state index >= 15 is 0 Å². The number of rotatable bonds is 8. The molecule has 0 fully saturated rings. The third-order valence-electron chi connectivity index (χ3n) is 3.37. The van der Waals surface area contributed by atoms with E-state index in [-0.39, 0.29) is 5.91 Å². The summed E-state index contributed by atoms with van der Waals surface area (Å²) in [6.45, 7) is 4.76. The van der Waals surface area contributed by atoms with E-state index in [1.165, 1.54) is 11.1 Å². The number of hydrogen-bond donors (Lipinski definition) is 1. The third-order valence-corrected chi connectivity index (χ3v) is 4.29. The van der Waals surface area contributed by atoms with Gasteiger partial charge in [0.1, 0.15) is 5.75 Å². The second-order valence-electron chi connectivity index (χ2n) is 5.32. The van der Waals surface area contributed by atoms with E-state index < -0.39 is 0 Å². The Morgan fingerprint density at radius 3 is 2.65 bits per heavy atom. The fourth-order valence-electron chi connectivity index (χ4n) is 2.11. The van der Waals surface area contributed by atoms with E-state index in [9.17, 15) is 4.79 Å². The van der Waals surface area contributed by atoms with Gasteiger partial charge in [-0.1, -0.05) is 31.2 Å². The average Bonchev–Trinajstić information content (AvgIpc) is 2.55. The van der Waals surface area contributed by atoms with Crippen LogP contribution in [0.5, 0.6) is 5.75 Å². The zero-order valence-electron chi connectivity index (χ0n) is 13.7. The zero-order valence-corrected chi connectivity index (χ0v) is 14.5. The van der Waals surface area contributed by atoms with Gasteiger partial charge in [0.25, 0.3) is 0 Å². The molecule has 0 aliphatic rings. The Morgan fingerprint density at radius 1 is 1.17 bits per heavy atom. The molecule has 1 N–H and O–H groups in total. The molecule has 1 amide bonds. The number of amides is 1. The Morgan fingerprint density at radius 2 is 1.96 bits per heavy atom. The van der Waals surface area contributed by atoms with Crippen LogP contribution in [0.3, 0.4) is 0 Å². The van der Waals surface area contributed by atoms with Crippen molar-refractivity contribution in [1.29, 1.82) is 0 Å². The van der Waals surface area contributed by atoms with Crippen molar-refractivity contribution in [2.75, 3.05) is 23.4 Å². The molecule has 0 atom stereocenters. The Kier molecular flexibility index (Phi) is 7.01. The largest absolute Gasteiger partial charge is 0.493 e. The molecule has 0 heterocycles. The summed E-state index contributed by atoms with van der Waals surface area (Å²) >= 11 is 1.57. The lowest BCUT2D eigenvalue weighted by atomic mass is 10.1. The van der Waals surface area contributed by atoms with E-state index in [1.807, 2.05) is 55.5 Å². The number of aryl methyl sites for hydroxylation is 2. The number of carbonyl (C=O) groups is 1. The van der Waals surface area contributed by atoms with E-state index in [1.54, 1.807) is 11.8 Å². The van der Waals surface area contributed by atoms with Crippen LogP contribution in [0, 0.1) is 6.92 Å². The highest BCUT2D eigenvalue weighted by Crippen LogP contribution is 2.13. The normalized spacial score (nSPS) is 10.3. The van der Waals surface area contributed by atoms with Crippen LogP contribution in [0.4, 0.5) is 5.69 Å². The van der Waals surface area contributed by atoms with Crippen LogP contribution in [0.15, 0.2) is 48.5 Å². The van der Waals surface area contributed by atoms with Gasteiger partial charge in [0, 0.05) is 11.4 Å². The predicted octanol–water partition coefficient (Wildman–Crippen LogP) is 4.31. The molecular weight excluding hydrogens is 306 g/mol. The molecule has 2 aromatic rings. The number of hydrogen-bond acceptors (Lipinski definition) is 3. The zero-order chi connectivity index (χ0) is 16.5. The first kappa shape index (κ1) is 17.4. The van der Waals surface area contributed by atoms with Crippen molar-refractivity contribution in [2.45, 2.75) is 20.3 Å². The van der Waals surface area contributed by atoms with E-state index in [4.69, 9.17) is 4.74 Å². The third kappa shape index (κ3) is 6.37. The summed E-state index contributed by atoms with van der Waals surface area (Å²) in [5.41, 5.74) is 3.30. The number of ether oxygens (including phenoxy) is 1. The molecule has 0 aromatic heterocycles. The topological polar surface area (TPSA) is 38.3 Å². The molecule has 0 bridgehead atoms. The monoisotopic (exact) mass is 329 g/mol. The fourth-order valence-corrected chi connectivity index (χ4v) is 2.71. The highest BCUT2D eigenvalue weighted by Gasteiger charge is 2.03. The molecule has 3 nitrogen and oxygen atoms in total. The molecule has 122 valence electrons. The number of anilines is 1. The summed E-state index contributed by atoms with van der Waals surface area (Å²) < 4.78 is 5.66. The maximum absolute atomic E-state index is 11.9. The van der Waals surface area contributed by atoms with Crippen LogP contribution in [0.2, 0.25) is 0 Å². The summed E-state index contributed by atoms with van der Waals surface area (Å²) in [4.78, 5) is 11.9. The maximum Gasteiger partial charge on any atom is 0.234 e. The average molecular weight is 329 g/mol. The smallest absolute Gasteiger partial charge is 0.234 e. The van der Waals surface area contributed by atoms with Crippen LogP contribution < -0.4 is 10.1 Å². The van der Waals surface area contributed by atoms with Gasteiger partial charge < -0.3 is 10.1 Å². The lowest BCUT2D eigenvalue weighted by Gasteiger charge is -2.08. The summed E-state index contributed by atoms with van der Waals surface area (Å²) in [5.74, 6) is 2.13. The maximum atomic E-state index is 11.9. The van der Waals surface area contributed by atoms with Crippen molar-refractivity contribution >= 4 is 23.4 Å². The van der Waals surface area contributed by atoms with Crippen LogP contribution >= 0.6 is 11.8 Å². The van der Waals surface area contributed by atoms with Crippen molar-refractivity contribution in [3.05, 3.63) is 59.7 Å². The minimum absolute atomic E-state index is 0.0230. The van der Waals surface area contributed by atoms with Crippen molar-refractivity contribution in [1.82, 2.24) is 0 Å². The van der Waals surface area contributed by atoms with E-state index in [0.717, 1.165) is 23.6 Å². The molecule has 23 heavy (non-hydrogen) atoms. The fraction of sp³-hybridized carbons (Fsp3) is 0.316. The number of nitrogens with one attached hydrogen (secondary N) is 1. The number of benzene rings is 2. The van der Waals surface area contributed by atoms with E-state index in [2.05, 4.69) is 12.2 Å². The highest BCUT2D eigenvalue weighted by atomic mass is 32.2. The lowest BCUT2D eigenvalue weighted by Crippen LogP contribution is -2.15. The summed E-state index contributed by atoms with van der Waals surface area (Å²) in [5, 5.41) is 2.91. The Hall–Kier alpha value is -1.94. The molecule has 0 radical (unpaired) electrons. The standard InChI is InChI=1S/C19H23NO2S/c1-3-16-7-9-17(10-8-16)20-19(21)14-23-12-11-22-18-6-4-5-15(2)13-18/h4-10,13H,3,11-12,14H2,1-2H3,(H,20,21). The Bertz CT molecular complexity index is 626. The number of thioether (sulfide) groups is 1. The summed E-state index contributed by atoms with van der Waals surface area (Å²) in [6, 6.07) is 16.0. The van der Waals surface area contributed by atoms with Gasteiger partial charge in [-0.05, 0) is 48.7 Å². The van der Waals surface area contributed by atoms with Gasteiger partial charge in [-0.3, -0.25) is 4.79 Å². The minimum atomic E-state index is 0.0230. The van der Waals surface area contributed by atoms with Crippen LogP contribution in [-0.4, -0.2) is 24.0 Å². The van der Waals surface area contributed by atoms with Crippen molar-refractivity contribution in [3.8, 4) is 5.75 Å². The van der Waals surface area contributed by atoms with Crippen molar-refractivity contribution in [3.63, 3.8) is 0 Å². The second kappa shape index (κ2) is 9.26. The molecule has 4 heteroatoms. The Balaban J connectivity index is 1.62.